The molecule has 0 fully saturated rings. The second-order valence-electron chi connectivity index (χ2n) is 3.77. The Morgan fingerprint density at radius 3 is 2.35 bits per heavy atom. The molecule has 1 aromatic heterocycles. The van der Waals surface area contributed by atoms with E-state index in [-0.39, 0.29) is 6.04 Å². The first-order chi connectivity index (χ1) is 8.04. The highest BCUT2D eigenvalue weighted by Gasteiger charge is 2.10. The lowest BCUT2D eigenvalue weighted by Gasteiger charge is -2.10. The van der Waals surface area contributed by atoms with E-state index < -0.39 is 11.6 Å². The van der Waals surface area contributed by atoms with Crippen LogP contribution in [0.2, 0.25) is 0 Å². The van der Waals surface area contributed by atoms with Crippen LogP contribution in [0.4, 0.5) is 8.78 Å². The molecule has 1 atom stereocenters. The molecule has 0 aliphatic carbocycles. The van der Waals surface area contributed by atoms with Gasteiger partial charge >= 0.3 is 0 Å². The van der Waals surface area contributed by atoms with Gasteiger partial charge < -0.3 is 5.73 Å². The fourth-order valence-corrected chi connectivity index (χ4v) is 3.06. The SMILES string of the molecule is NC(Cc1cc(F)cc(F)c1)c1csc(I)c1. The van der Waals surface area contributed by atoms with Crippen LogP contribution < -0.4 is 5.73 Å². The maximum absolute atomic E-state index is 13.0. The third kappa shape index (κ3) is 3.46. The summed E-state index contributed by atoms with van der Waals surface area (Å²) in [6.07, 6.45) is 0.432. The van der Waals surface area contributed by atoms with Crippen LogP contribution in [0.15, 0.2) is 29.6 Å². The molecule has 17 heavy (non-hydrogen) atoms. The molecule has 0 aliphatic rings. The first-order valence-corrected chi connectivity index (χ1v) is 6.95. The molecule has 0 bridgehead atoms. The highest BCUT2D eigenvalue weighted by atomic mass is 127. The Hall–Kier alpha value is -0.530. The van der Waals surface area contributed by atoms with Crippen molar-refractivity contribution in [1.82, 2.24) is 0 Å². The van der Waals surface area contributed by atoms with E-state index in [1.807, 2.05) is 11.4 Å². The van der Waals surface area contributed by atoms with Gasteiger partial charge in [0, 0.05) is 12.1 Å². The number of nitrogens with two attached hydrogens (primary N) is 1. The summed E-state index contributed by atoms with van der Waals surface area (Å²) in [5.74, 6) is -1.13. The van der Waals surface area contributed by atoms with E-state index in [2.05, 4.69) is 22.6 Å². The Morgan fingerprint density at radius 2 is 1.82 bits per heavy atom. The first kappa shape index (κ1) is 12.9. The lowest BCUT2D eigenvalue weighted by molar-refractivity contribution is 0.576. The van der Waals surface area contributed by atoms with Crippen molar-refractivity contribution in [2.24, 2.45) is 5.73 Å². The molecule has 0 aliphatic heterocycles. The maximum atomic E-state index is 13.0. The fraction of sp³-hybridized carbons (Fsp3) is 0.167. The normalized spacial score (nSPS) is 12.7. The molecule has 1 nitrogen and oxygen atoms in total. The van der Waals surface area contributed by atoms with Crippen molar-refractivity contribution >= 4 is 33.9 Å². The van der Waals surface area contributed by atoms with Crippen molar-refractivity contribution < 1.29 is 8.78 Å². The molecule has 5 heteroatoms. The van der Waals surface area contributed by atoms with Gasteiger partial charge in [0.1, 0.15) is 11.6 Å². The number of halogens is 3. The monoisotopic (exact) mass is 365 g/mol. The average molecular weight is 365 g/mol. The van der Waals surface area contributed by atoms with Crippen LogP contribution in [0.1, 0.15) is 17.2 Å². The van der Waals surface area contributed by atoms with Crippen LogP contribution in [0.3, 0.4) is 0 Å². The summed E-state index contributed by atoms with van der Waals surface area (Å²) >= 11 is 3.83. The molecule has 1 aromatic carbocycles. The van der Waals surface area contributed by atoms with E-state index in [1.165, 1.54) is 12.1 Å². The maximum Gasteiger partial charge on any atom is 0.126 e. The van der Waals surface area contributed by atoms with Crippen LogP contribution in [-0.2, 0) is 6.42 Å². The summed E-state index contributed by atoms with van der Waals surface area (Å²) in [7, 11) is 0. The molecule has 2 aromatic rings. The largest absolute Gasteiger partial charge is 0.324 e. The molecule has 0 amide bonds. The molecule has 2 rings (SSSR count). The summed E-state index contributed by atoms with van der Waals surface area (Å²) < 4.78 is 27.2. The van der Waals surface area contributed by atoms with Crippen LogP contribution in [0.25, 0.3) is 0 Å². The van der Waals surface area contributed by atoms with Gasteiger partial charge in [-0.25, -0.2) is 8.78 Å². The van der Waals surface area contributed by atoms with Gasteiger partial charge in [0.2, 0.25) is 0 Å². The number of thiophene rings is 1. The smallest absolute Gasteiger partial charge is 0.126 e. The lowest BCUT2D eigenvalue weighted by Crippen LogP contribution is -2.12. The van der Waals surface area contributed by atoms with Crippen molar-refractivity contribution in [3.05, 3.63) is 55.3 Å². The zero-order valence-corrected chi connectivity index (χ0v) is 11.8. The second-order valence-corrected chi connectivity index (χ2v) is 6.58. The van der Waals surface area contributed by atoms with Gasteiger partial charge in [-0.3, -0.25) is 0 Å². The predicted octanol–water partition coefficient (Wildman–Crippen LogP) is 3.87. The quantitative estimate of drug-likeness (QED) is 0.822. The Labute approximate surface area is 116 Å². The van der Waals surface area contributed by atoms with Gasteiger partial charge in [0.05, 0.1) is 2.88 Å². The van der Waals surface area contributed by atoms with Crippen LogP contribution in [0.5, 0.6) is 0 Å². The van der Waals surface area contributed by atoms with E-state index >= 15 is 0 Å². The van der Waals surface area contributed by atoms with E-state index in [9.17, 15) is 8.78 Å². The number of rotatable bonds is 3. The van der Waals surface area contributed by atoms with Gasteiger partial charge in [-0.2, -0.15) is 0 Å². The second kappa shape index (κ2) is 5.41. The minimum Gasteiger partial charge on any atom is -0.324 e. The van der Waals surface area contributed by atoms with Crippen molar-refractivity contribution in [2.45, 2.75) is 12.5 Å². The van der Waals surface area contributed by atoms with Gasteiger partial charge in [0.15, 0.2) is 0 Å². The molecular weight excluding hydrogens is 355 g/mol. The van der Waals surface area contributed by atoms with E-state index in [0.717, 1.165) is 14.5 Å². The summed E-state index contributed by atoms with van der Waals surface area (Å²) in [5.41, 5.74) is 7.58. The molecule has 1 unspecified atom stereocenters. The van der Waals surface area contributed by atoms with E-state index in [1.54, 1.807) is 11.3 Å². The van der Waals surface area contributed by atoms with Crippen molar-refractivity contribution in [3.8, 4) is 0 Å². The summed E-state index contributed by atoms with van der Waals surface area (Å²) in [6.45, 7) is 0. The Balaban J connectivity index is 2.15. The topological polar surface area (TPSA) is 26.0 Å². The molecule has 0 spiro atoms. The molecule has 90 valence electrons. The molecular formula is C12H10F2INS. The summed E-state index contributed by atoms with van der Waals surface area (Å²) in [6, 6.07) is 5.27. The zero-order chi connectivity index (χ0) is 12.4. The Morgan fingerprint density at radius 1 is 1.18 bits per heavy atom. The van der Waals surface area contributed by atoms with Gasteiger partial charge in [-0.1, -0.05) is 0 Å². The lowest BCUT2D eigenvalue weighted by atomic mass is 10.0. The predicted molar refractivity (Wildman–Crippen MR) is 74.0 cm³/mol. The standard InChI is InChI=1S/C12H10F2INS/c13-9-1-7(2-10(14)5-9)3-11(16)8-4-12(15)17-6-8/h1-2,4-6,11H,3,16H2. The van der Waals surface area contributed by atoms with E-state index in [4.69, 9.17) is 5.73 Å². The third-order valence-corrected chi connectivity index (χ3v) is 4.20. The Kier molecular flexibility index (Phi) is 4.11. The number of hydrogen-bond acceptors (Lipinski definition) is 2. The molecule has 0 saturated heterocycles. The number of hydrogen-bond donors (Lipinski definition) is 1. The van der Waals surface area contributed by atoms with Crippen molar-refractivity contribution in [1.29, 1.82) is 0 Å². The van der Waals surface area contributed by atoms with Gasteiger partial charge in [-0.15, -0.1) is 11.3 Å². The summed E-state index contributed by atoms with van der Waals surface area (Å²) in [5, 5.41) is 1.97. The van der Waals surface area contributed by atoms with Crippen molar-refractivity contribution in [2.75, 3.05) is 0 Å². The molecule has 0 radical (unpaired) electrons. The van der Waals surface area contributed by atoms with Crippen molar-refractivity contribution in [3.63, 3.8) is 0 Å². The van der Waals surface area contributed by atoms with Crippen LogP contribution in [-0.4, -0.2) is 0 Å². The summed E-state index contributed by atoms with van der Waals surface area (Å²) in [4.78, 5) is 0. The molecule has 2 N–H and O–H groups in total. The third-order valence-electron chi connectivity index (χ3n) is 2.39. The van der Waals surface area contributed by atoms with Crippen LogP contribution in [0, 0.1) is 14.5 Å². The average Bonchev–Trinajstić information content (AvgIpc) is 2.63. The molecule has 0 saturated carbocycles. The minimum atomic E-state index is -0.563. The van der Waals surface area contributed by atoms with E-state index in [0.29, 0.717) is 12.0 Å². The van der Waals surface area contributed by atoms with Crippen LogP contribution >= 0.6 is 33.9 Å². The highest BCUT2D eigenvalue weighted by molar-refractivity contribution is 14.1. The number of benzene rings is 1. The minimum absolute atomic E-state index is 0.226. The molecule has 1 heterocycles. The zero-order valence-electron chi connectivity index (χ0n) is 8.79. The fourth-order valence-electron chi connectivity index (χ4n) is 1.62. The first-order valence-electron chi connectivity index (χ1n) is 4.99. The highest BCUT2D eigenvalue weighted by Crippen LogP contribution is 2.23. The van der Waals surface area contributed by atoms with Gasteiger partial charge in [0.25, 0.3) is 0 Å². The Bertz CT molecular complexity index is 507. The van der Waals surface area contributed by atoms with Gasteiger partial charge in [-0.05, 0) is 63.7 Å².